The highest BCUT2D eigenvalue weighted by atomic mass is 14.9. The van der Waals surface area contributed by atoms with E-state index in [9.17, 15) is 0 Å². The molecule has 3 atom stereocenters. The van der Waals surface area contributed by atoms with E-state index in [-0.39, 0.29) is 0 Å². The van der Waals surface area contributed by atoms with Crippen LogP contribution in [0.15, 0.2) is 18.7 Å². The summed E-state index contributed by atoms with van der Waals surface area (Å²) >= 11 is 0. The van der Waals surface area contributed by atoms with Crippen LogP contribution in [-0.4, -0.2) is 17.0 Å². The first kappa shape index (κ1) is 10.6. The zero-order valence-corrected chi connectivity index (χ0v) is 9.48. The molecule has 1 N–H and O–H groups in total. The average molecular weight is 205 g/mol. The fraction of sp³-hybridized carbons (Fsp3) is 0.667. The van der Waals surface area contributed by atoms with Gasteiger partial charge in [-0.2, -0.15) is 0 Å². The fourth-order valence-electron chi connectivity index (χ4n) is 2.77. The third-order valence-electron chi connectivity index (χ3n) is 3.61. The Labute approximate surface area is 91.3 Å². The number of aromatic nitrogens is 2. The van der Waals surface area contributed by atoms with E-state index in [0.717, 1.165) is 11.8 Å². The molecular weight excluding hydrogens is 186 g/mol. The lowest BCUT2D eigenvalue weighted by atomic mass is 9.87. The monoisotopic (exact) mass is 205 g/mol. The molecule has 1 saturated carbocycles. The van der Waals surface area contributed by atoms with Crippen molar-refractivity contribution in [1.82, 2.24) is 15.3 Å². The zero-order valence-electron chi connectivity index (χ0n) is 9.48. The first-order valence-corrected chi connectivity index (χ1v) is 5.75. The minimum absolute atomic E-state index is 0.420. The predicted octanol–water partition coefficient (Wildman–Crippen LogP) is 2.17. The Balaban J connectivity index is 2.17. The Morgan fingerprint density at radius 1 is 1.33 bits per heavy atom. The lowest BCUT2D eigenvalue weighted by Gasteiger charge is -2.26. The van der Waals surface area contributed by atoms with Crippen molar-refractivity contribution in [2.75, 3.05) is 7.05 Å². The maximum absolute atomic E-state index is 4.10. The first-order valence-electron chi connectivity index (χ1n) is 5.75. The van der Waals surface area contributed by atoms with Crippen LogP contribution in [0.4, 0.5) is 0 Å². The van der Waals surface area contributed by atoms with Crippen LogP contribution in [0.1, 0.15) is 37.8 Å². The molecule has 3 unspecified atom stereocenters. The zero-order chi connectivity index (χ0) is 10.7. The second-order valence-electron chi connectivity index (χ2n) is 4.51. The van der Waals surface area contributed by atoms with E-state index in [0.29, 0.717) is 6.04 Å². The van der Waals surface area contributed by atoms with E-state index in [1.807, 2.05) is 19.4 Å². The van der Waals surface area contributed by atoms with Crippen LogP contribution in [0.25, 0.3) is 0 Å². The van der Waals surface area contributed by atoms with Crippen molar-refractivity contribution < 1.29 is 0 Å². The third kappa shape index (κ3) is 2.17. The third-order valence-corrected chi connectivity index (χ3v) is 3.61. The molecule has 82 valence electrons. The minimum Gasteiger partial charge on any atom is -0.313 e. The summed E-state index contributed by atoms with van der Waals surface area (Å²) < 4.78 is 0. The van der Waals surface area contributed by atoms with E-state index in [2.05, 4.69) is 22.2 Å². The Morgan fingerprint density at radius 3 is 2.60 bits per heavy atom. The molecule has 0 amide bonds. The second-order valence-corrected chi connectivity index (χ2v) is 4.51. The molecule has 0 bridgehead atoms. The molecule has 1 fully saturated rings. The van der Waals surface area contributed by atoms with E-state index >= 15 is 0 Å². The summed E-state index contributed by atoms with van der Waals surface area (Å²) in [5, 5.41) is 3.41. The molecule has 3 nitrogen and oxygen atoms in total. The summed E-state index contributed by atoms with van der Waals surface area (Å²) in [5.74, 6) is 1.55. The molecule has 0 aromatic carbocycles. The number of rotatable bonds is 3. The molecule has 1 aromatic heterocycles. The van der Waals surface area contributed by atoms with Gasteiger partial charge in [0, 0.05) is 24.0 Å². The highest BCUT2D eigenvalue weighted by Crippen LogP contribution is 2.39. The molecular formula is C12H19N3. The van der Waals surface area contributed by atoms with Crippen molar-refractivity contribution in [2.24, 2.45) is 11.8 Å². The summed E-state index contributed by atoms with van der Waals surface area (Å²) in [6.45, 7) is 2.35. The SMILES string of the molecule is CNC(c1cncnc1)C1CCCC1C. The second kappa shape index (κ2) is 4.71. The Kier molecular flexibility index (Phi) is 3.31. The maximum atomic E-state index is 4.10. The van der Waals surface area contributed by atoms with Crippen molar-refractivity contribution in [3.05, 3.63) is 24.3 Å². The van der Waals surface area contributed by atoms with E-state index < -0.39 is 0 Å². The lowest BCUT2D eigenvalue weighted by molar-refractivity contribution is 0.314. The van der Waals surface area contributed by atoms with Gasteiger partial charge in [0.1, 0.15) is 6.33 Å². The molecule has 0 radical (unpaired) electrons. The summed E-state index contributed by atoms with van der Waals surface area (Å²) in [6.07, 6.45) is 9.49. The van der Waals surface area contributed by atoms with Crippen molar-refractivity contribution in [2.45, 2.75) is 32.2 Å². The predicted molar refractivity (Wildman–Crippen MR) is 60.3 cm³/mol. The lowest BCUT2D eigenvalue weighted by Crippen LogP contribution is -2.27. The van der Waals surface area contributed by atoms with Gasteiger partial charge < -0.3 is 5.32 Å². The van der Waals surface area contributed by atoms with Gasteiger partial charge in [-0.1, -0.05) is 19.8 Å². The first-order chi connectivity index (χ1) is 7.33. The summed E-state index contributed by atoms with van der Waals surface area (Å²) in [6, 6.07) is 0.420. The van der Waals surface area contributed by atoms with Gasteiger partial charge in [0.2, 0.25) is 0 Å². The summed E-state index contributed by atoms with van der Waals surface area (Å²) in [5.41, 5.74) is 1.22. The number of nitrogens with one attached hydrogen (secondary N) is 1. The van der Waals surface area contributed by atoms with Crippen LogP contribution in [0.2, 0.25) is 0 Å². The van der Waals surface area contributed by atoms with Crippen molar-refractivity contribution >= 4 is 0 Å². The van der Waals surface area contributed by atoms with Crippen LogP contribution < -0.4 is 5.32 Å². The number of nitrogens with zero attached hydrogens (tertiary/aromatic N) is 2. The van der Waals surface area contributed by atoms with Crippen LogP contribution in [-0.2, 0) is 0 Å². The van der Waals surface area contributed by atoms with Crippen LogP contribution in [0.3, 0.4) is 0 Å². The van der Waals surface area contributed by atoms with E-state index in [4.69, 9.17) is 0 Å². The molecule has 1 heterocycles. The van der Waals surface area contributed by atoms with Gasteiger partial charge in [-0.3, -0.25) is 0 Å². The highest BCUT2D eigenvalue weighted by Gasteiger charge is 2.31. The molecule has 1 aromatic rings. The van der Waals surface area contributed by atoms with Gasteiger partial charge in [0.25, 0.3) is 0 Å². The smallest absolute Gasteiger partial charge is 0.115 e. The largest absolute Gasteiger partial charge is 0.313 e. The van der Waals surface area contributed by atoms with Gasteiger partial charge in [-0.05, 0) is 25.3 Å². The molecule has 2 rings (SSSR count). The highest BCUT2D eigenvalue weighted by molar-refractivity contribution is 5.11. The number of hydrogen-bond acceptors (Lipinski definition) is 3. The number of hydrogen-bond donors (Lipinski definition) is 1. The van der Waals surface area contributed by atoms with Gasteiger partial charge in [0.15, 0.2) is 0 Å². The van der Waals surface area contributed by atoms with Crippen LogP contribution in [0.5, 0.6) is 0 Å². The fourth-order valence-corrected chi connectivity index (χ4v) is 2.77. The van der Waals surface area contributed by atoms with E-state index in [1.54, 1.807) is 6.33 Å². The van der Waals surface area contributed by atoms with Crippen LogP contribution in [0, 0.1) is 11.8 Å². The maximum Gasteiger partial charge on any atom is 0.115 e. The van der Waals surface area contributed by atoms with Gasteiger partial charge in [-0.15, -0.1) is 0 Å². The van der Waals surface area contributed by atoms with Gasteiger partial charge in [0.05, 0.1) is 0 Å². The van der Waals surface area contributed by atoms with Crippen molar-refractivity contribution in [3.8, 4) is 0 Å². The van der Waals surface area contributed by atoms with Crippen LogP contribution >= 0.6 is 0 Å². The molecule has 3 heteroatoms. The summed E-state index contributed by atoms with van der Waals surface area (Å²) in [7, 11) is 2.03. The molecule has 0 saturated heterocycles. The summed E-state index contributed by atoms with van der Waals surface area (Å²) in [4.78, 5) is 8.20. The average Bonchev–Trinajstić information content (AvgIpc) is 2.68. The molecule has 15 heavy (non-hydrogen) atoms. The van der Waals surface area contributed by atoms with Gasteiger partial charge in [-0.25, -0.2) is 9.97 Å². The van der Waals surface area contributed by atoms with Crippen molar-refractivity contribution in [3.63, 3.8) is 0 Å². The Hall–Kier alpha value is -0.960. The minimum atomic E-state index is 0.420. The topological polar surface area (TPSA) is 37.8 Å². The van der Waals surface area contributed by atoms with E-state index in [1.165, 1.54) is 24.8 Å². The molecule has 0 aliphatic heterocycles. The van der Waals surface area contributed by atoms with Gasteiger partial charge >= 0.3 is 0 Å². The standard InChI is InChI=1S/C12H19N3/c1-9-4-3-5-11(9)12(13-2)10-6-14-8-15-7-10/h6-9,11-13H,3-5H2,1-2H3. The molecule has 1 aliphatic rings. The quantitative estimate of drug-likeness (QED) is 0.821. The Bertz CT molecular complexity index is 299. The van der Waals surface area contributed by atoms with Crippen molar-refractivity contribution in [1.29, 1.82) is 0 Å². The molecule has 1 aliphatic carbocycles. The normalized spacial score (nSPS) is 27.9. The Morgan fingerprint density at radius 2 is 2.07 bits per heavy atom. The molecule has 0 spiro atoms.